The fraction of sp³-hybridized carbons (Fsp3) is 0.0741. The van der Waals surface area contributed by atoms with Crippen LogP contribution in [0.2, 0.25) is 25.1 Å². The molecule has 1 heterocycles. The van der Waals surface area contributed by atoms with Crippen LogP contribution >= 0.6 is 58.0 Å². The molecule has 0 saturated heterocycles. The van der Waals surface area contributed by atoms with Crippen LogP contribution in [0.5, 0.6) is 5.75 Å². The van der Waals surface area contributed by atoms with Crippen LogP contribution in [0.1, 0.15) is 22.3 Å². The highest BCUT2D eigenvalue weighted by Crippen LogP contribution is 2.52. The molecule has 1 aliphatic carbocycles. The third-order valence-corrected chi connectivity index (χ3v) is 8.43. The van der Waals surface area contributed by atoms with E-state index in [1.807, 2.05) is 0 Å². The summed E-state index contributed by atoms with van der Waals surface area (Å²) >= 11 is 32.0. The average Bonchev–Trinajstić information content (AvgIpc) is 2.89. The summed E-state index contributed by atoms with van der Waals surface area (Å²) in [6.45, 7) is 0. The molecule has 3 aromatic rings. The zero-order valence-electron chi connectivity index (χ0n) is 19.2. The molecule has 2 aliphatic rings. The van der Waals surface area contributed by atoms with Crippen LogP contribution in [0, 0.1) is 0 Å². The number of halogens is 5. The number of rotatable bonds is 5. The van der Waals surface area contributed by atoms with Gasteiger partial charge in [0.1, 0.15) is 16.4 Å². The molecular weight excluding hydrogens is 614 g/mol. The smallest absolute Gasteiger partial charge is 0.337 e. The number of hydrogen-bond donors (Lipinski definition) is 3. The Morgan fingerprint density at radius 2 is 1.46 bits per heavy atom. The van der Waals surface area contributed by atoms with Crippen LogP contribution in [0.4, 0.5) is 0 Å². The van der Waals surface area contributed by atoms with Crippen molar-refractivity contribution in [2.75, 3.05) is 0 Å². The Hall–Kier alpha value is -3.20. The molecule has 0 saturated carbocycles. The molecule has 0 fully saturated rings. The third-order valence-electron chi connectivity index (χ3n) is 6.29. The molecule has 39 heavy (non-hydrogen) atoms. The lowest BCUT2D eigenvalue weighted by atomic mass is 9.88. The Labute approximate surface area is 244 Å². The van der Waals surface area contributed by atoms with Gasteiger partial charge in [-0.3, -0.25) is 9.59 Å². The lowest BCUT2D eigenvalue weighted by Gasteiger charge is -2.21. The van der Waals surface area contributed by atoms with Gasteiger partial charge in [-0.15, -0.1) is 0 Å². The minimum absolute atomic E-state index is 0.00159. The van der Waals surface area contributed by atoms with Gasteiger partial charge in [-0.1, -0.05) is 64.1 Å². The first-order chi connectivity index (χ1) is 18.4. The normalized spacial score (nSPS) is 11.5. The molecule has 12 heteroatoms. The number of carboxylic acids is 2. The molecule has 7 nitrogen and oxygen atoms in total. The van der Waals surface area contributed by atoms with Crippen molar-refractivity contribution in [3.05, 3.63) is 82.9 Å². The minimum Gasteiger partial charge on any atom is -0.508 e. The van der Waals surface area contributed by atoms with Crippen LogP contribution < -0.4 is 5.43 Å². The number of benzene rings is 4. The van der Waals surface area contributed by atoms with Gasteiger partial charge in [0.25, 0.3) is 0 Å². The van der Waals surface area contributed by atoms with Crippen molar-refractivity contribution in [1.82, 2.24) is 0 Å². The average molecular weight is 627 g/mol. The second-order valence-corrected chi connectivity index (χ2v) is 10.5. The highest BCUT2D eigenvalue weighted by molar-refractivity contribution is 6.54. The lowest BCUT2D eigenvalue weighted by Crippen LogP contribution is -2.14. The number of aryl methyl sites for hydroxylation is 1. The maximum absolute atomic E-state index is 13.1. The van der Waals surface area contributed by atoms with E-state index >= 15 is 0 Å². The molecule has 3 N–H and O–H groups in total. The van der Waals surface area contributed by atoms with E-state index in [4.69, 9.17) is 67.5 Å². The summed E-state index contributed by atoms with van der Waals surface area (Å²) < 4.78 is 6.17. The molecular formula is C27H13Cl5O7. The fourth-order valence-electron chi connectivity index (χ4n) is 4.56. The molecule has 0 unspecified atom stereocenters. The van der Waals surface area contributed by atoms with E-state index in [1.54, 1.807) is 18.2 Å². The standard InChI is InChI=1S/C27H13Cl5O7/c28-19-17(18(27(37)38)20(29)22(31)21(19)30)16-13-4-1-9-7-11(33)3-5-12(9)25(13)39-26-14(16)8-10(2-6-15(34)35)24(36)23(26)32/h1,3-5,7-8,33H,2,6H2,(H,34,35)(H,37,38). The van der Waals surface area contributed by atoms with Crippen molar-refractivity contribution >= 4 is 91.7 Å². The Balaban J connectivity index is 2.07. The number of phenolic OH excluding ortho intramolecular Hbond substituents is 1. The maximum Gasteiger partial charge on any atom is 0.337 e. The van der Waals surface area contributed by atoms with E-state index in [9.17, 15) is 24.6 Å². The molecule has 0 bridgehead atoms. The Bertz CT molecular complexity index is 1910. The van der Waals surface area contributed by atoms with Crippen LogP contribution in [-0.4, -0.2) is 27.3 Å². The zero-order chi connectivity index (χ0) is 28.3. The molecule has 0 amide bonds. The number of fused-ring (bicyclic) bond motifs is 4. The quantitative estimate of drug-likeness (QED) is 0.0774. The van der Waals surface area contributed by atoms with Crippen molar-refractivity contribution < 1.29 is 29.3 Å². The summed E-state index contributed by atoms with van der Waals surface area (Å²) in [4.78, 5) is 36.8. The van der Waals surface area contributed by atoms with E-state index in [0.29, 0.717) is 16.2 Å². The molecule has 198 valence electrons. The predicted molar refractivity (Wildman–Crippen MR) is 152 cm³/mol. The second-order valence-electron chi connectivity index (χ2n) is 8.59. The number of aromatic hydroxyl groups is 1. The van der Waals surface area contributed by atoms with Crippen molar-refractivity contribution in [1.29, 1.82) is 0 Å². The van der Waals surface area contributed by atoms with Crippen LogP contribution in [0.15, 0.2) is 45.6 Å². The van der Waals surface area contributed by atoms with Gasteiger partial charge in [0, 0.05) is 39.4 Å². The van der Waals surface area contributed by atoms with Gasteiger partial charge in [0.15, 0.2) is 5.76 Å². The topological polar surface area (TPSA) is 125 Å². The van der Waals surface area contributed by atoms with Gasteiger partial charge in [-0.2, -0.15) is 0 Å². The molecule has 0 spiro atoms. The summed E-state index contributed by atoms with van der Waals surface area (Å²) in [6, 6.07) is 9.19. The maximum atomic E-state index is 13.1. The van der Waals surface area contributed by atoms with Crippen molar-refractivity contribution in [2.45, 2.75) is 12.8 Å². The monoisotopic (exact) mass is 624 g/mol. The summed E-state index contributed by atoms with van der Waals surface area (Å²) in [6.07, 6.45) is -0.509. The zero-order valence-corrected chi connectivity index (χ0v) is 23.0. The van der Waals surface area contributed by atoms with E-state index in [1.165, 1.54) is 18.2 Å². The number of carbonyl (C=O) groups is 2. The van der Waals surface area contributed by atoms with Crippen molar-refractivity contribution in [3.63, 3.8) is 0 Å². The Kier molecular flexibility index (Phi) is 7.07. The van der Waals surface area contributed by atoms with E-state index < -0.39 is 22.9 Å². The first-order valence-electron chi connectivity index (χ1n) is 11.1. The van der Waals surface area contributed by atoms with Crippen LogP contribution in [-0.2, 0) is 11.2 Å². The Morgan fingerprint density at radius 3 is 2.13 bits per heavy atom. The first-order valence-corrected chi connectivity index (χ1v) is 13.0. The minimum atomic E-state index is -1.46. The first kappa shape index (κ1) is 27.4. The number of aliphatic carboxylic acids is 1. The number of hydrogen-bond acceptors (Lipinski definition) is 5. The Morgan fingerprint density at radius 1 is 0.795 bits per heavy atom. The fourth-order valence-corrected chi connectivity index (χ4v) is 5.85. The van der Waals surface area contributed by atoms with Gasteiger partial charge in [0.2, 0.25) is 5.43 Å². The van der Waals surface area contributed by atoms with Gasteiger partial charge in [0.05, 0.1) is 25.7 Å². The summed E-state index contributed by atoms with van der Waals surface area (Å²) in [5, 5.41) is 29.3. The molecule has 1 aliphatic heterocycles. The molecule has 5 rings (SSSR count). The number of aromatic carboxylic acids is 1. The largest absolute Gasteiger partial charge is 0.508 e. The van der Waals surface area contributed by atoms with Gasteiger partial charge >= 0.3 is 11.9 Å². The summed E-state index contributed by atoms with van der Waals surface area (Å²) in [5.41, 5.74) is -0.600. The van der Waals surface area contributed by atoms with Crippen LogP contribution in [0.25, 0.3) is 44.2 Å². The van der Waals surface area contributed by atoms with Crippen molar-refractivity contribution in [3.8, 4) is 28.2 Å². The molecule has 0 aromatic heterocycles. The number of phenols is 1. The predicted octanol–water partition coefficient (Wildman–Crippen LogP) is 8.41. The lowest BCUT2D eigenvalue weighted by molar-refractivity contribution is -0.136. The molecule has 0 radical (unpaired) electrons. The van der Waals surface area contributed by atoms with Gasteiger partial charge in [-0.25, -0.2) is 4.79 Å². The third kappa shape index (κ3) is 4.44. The van der Waals surface area contributed by atoms with E-state index in [2.05, 4.69) is 0 Å². The highest BCUT2D eigenvalue weighted by atomic mass is 35.5. The van der Waals surface area contributed by atoms with E-state index in [0.717, 1.165) is 0 Å². The second kappa shape index (κ2) is 10.1. The molecule has 3 aromatic carbocycles. The summed E-state index contributed by atoms with van der Waals surface area (Å²) in [5.74, 6) is -2.69. The molecule has 0 atom stereocenters. The SMILES string of the molecule is O=C(O)CCc1cc2c(-c3c(Cl)c(Cl)c(Cl)c(Cl)c3C(=O)O)c3ccc4cc(O)ccc4c3oc-2c(Cl)c1=O. The van der Waals surface area contributed by atoms with Crippen LogP contribution in [0.3, 0.4) is 0 Å². The highest BCUT2D eigenvalue weighted by Gasteiger charge is 2.32. The van der Waals surface area contributed by atoms with Gasteiger partial charge < -0.3 is 19.7 Å². The summed E-state index contributed by atoms with van der Waals surface area (Å²) in [7, 11) is 0. The van der Waals surface area contributed by atoms with E-state index in [-0.39, 0.29) is 77.3 Å². The number of carboxylic acid groups (broad SMARTS) is 2. The van der Waals surface area contributed by atoms with Crippen molar-refractivity contribution in [2.24, 2.45) is 0 Å². The van der Waals surface area contributed by atoms with Gasteiger partial charge in [-0.05, 0) is 42.1 Å².